The summed E-state index contributed by atoms with van der Waals surface area (Å²) in [5.41, 5.74) is 2.21. The summed E-state index contributed by atoms with van der Waals surface area (Å²) in [7, 11) is 0. The molecule has 0 fully saturated rings. The third-order valence-electron chi connectivity index (χ3n) is 2.77. The normalized spacial score (nSPS) is 10.5. The number of hydrogen-bond acceptors (Lipinski definition) is 4. The molecule has 0 aliphatic rings. The van der Waals surface area contributed by atoms with Crippen molar-refractivity contribution in [3.8, 4) is 0 Å². The maximum Gasteiger partial charge on any atom is 0.132 e. The number of hydrogen-bond donors (Lipinski definition) is 1. The molecule has 0 radical (unpaired) electrons. The summed E-state index contributed by atoms with van der Waals surface area (Å²) >= 11 is 3.42. The maximum absolute atomic E-state index is 4.49. The average molecular weight is 321 g/mol. The SMILES string of the molecule is CCCc1nc(Br)cc(NCc2ncccc2C)n1. The van der Waals surface area contributed by atoms with Gasteiger partial charge in [0.2, 0.25) is 0 Å². The van der Waals surface area contributed by atoms with Crippen LogP contribution in [0.1, 0.15) is 30.4 Å². The highest BCUT2D eigenvalue weighted by Gasteiger charge is 2.04. The van der Waals surface area contributed by atoms with Gasteiger partial charge < -0.3 is 5.32 Å². The van der Waals surface area contributed by atoms with Crippen LogP contribution in [0.3, 0.4) is 0 Å². The predicted octanol–water partition coefficient (Wildman–Crippen LogP) is 3.51. The van der Waals surface area contributed by atoms with Crippen LogP contribution in [-0.4, -0.2) is 15.0 Å². The summed E-state index contributed by atoms with van der Waals surface area (Å²) in [5, 5.41) is 3.30. The number of rotatable bonds is 5. The van der Waals surface area contributed by atoms with Crippen LogP contribution in [0.5, 0.6) is 0 Å². The largest absolute Gasteiger partial charge is 0.364 e. The zero-order valence-corrected chi connectivity index (χ0v) is 12.7. The first kappa shape index (κ1) is 13.9. The third-order valence-corrected chi connectivity index (χ3v) is 3.18. The van der Waals surface area contributed by atoms with Crippen LogP contribution in [-0.2, 0) is 13.0 Å². The molecule has 2 rings (SSSR count). The standard InChI is InChI=1S/C14H17BrN4/c1-3-5-13-18-12(15)8-14(19-13)17-9-11-10(2)6-4-7-16-11/h4,6-8H,3,5,9H2,1-2H3,(H,17,18,19). The Morgan fingerprint density at radius 2 is 2.16 bits per heavy atom. The highest BCUT2D eigenvalue weighted by atomic mass is 79.9. The fraction of sp³-hybridized carbons (Fsp3) is 0.357. The molecule has 0 saturated heterocycles. The molecular weight excluding hydrogens is 304 g/mol. The van der Waals surface area contributed by atoms with Crippen molar-refractivity contribution in [3.05, 3.63) is 46.1 Å². The number of aromatic nitrogens is 3. The Balaban J connectivity index is 2.09. The van der Waals surface area contributed by atoms with E-state index in [9.17, 15) is 0 Å². The minimum Gasteiger partial charge on any atom is -0.364 e. The zero-order chi connectivity index (χ0) is 13.7. The summed E-state index contributed by atoms with van der Waals surface area (Å²) in [6, 6.07) is 5.89. The van der Waals surface area contributed by atoms with Crippen LogP contribution in [0, 0.1) is 6.92 Å². The van der Waals surface area contributed by atoms with Crippen molar-refractivity contribution < 1.29 is 0 Å². The Labute approximate surface area is 121 Å². The molecule has 0 saturated carbocycles. The van der Waals surface area contributed by atoms with Gasteiger partial charge in [-0.25, -0.2) is 9.97 Å². The van der Waals surface area contributed by atoms with Crippen LogP contribution in [0.4, 0.5) is 5.82 Å². The number of aryl methyl sites for hydroxylation is 2. The van der Waals surface area contributed by atoms with E-state index in [2.05, 4.69) is 56.1 Å². The number of anilines is 1. The summed E-state index contributed by atoms with van der Waals surface area (Å²) < 4.78 is 0.811. The van der Waals surface area contributed by atoms with Gasteiger partial charge in [0.1, 0.15) is 16.2 Å². The monoisotopic (exact) mass is 320 g/mol. The molecule has 5 heteroatoms. The summed E-state index contributed by atoms with van der Waals surface area (Å²) in [6.45, 7) is 4.85. The second-order valence-electron chi connectivity index (χ2n) is 4.36. The quantitative estimate of drug-likeness (QED) is 0.856. The van der Waals surface area contributed by atoms with Crippen LogP contribution in [0.25, 0.3) is 0 Å². The van der Waals surface area contributed by atoms with E-state index in [4.69, 9.17) is 0 Å². The van der Waals surface area contributed by atoms with E-state index in [-0.39, 0.29) is 0 Å². The molecule has 0 amide bonds. The van der Waals surface area contributed by atoms with Crippen molar-refractivity contribution in [2.24, 2.45) is 0 Å². The molecule has 2 aromatic heterocycles. The Bertz CT molecular complexity index is 557. The lowest BCUT2D eigenvalue weighted by atomic mass is 10.2. The fourth-order valence-corrected chi connectivity index (χ4v) is 2.19. The third kappa shape index (κ3) is 3.99. The molecule has 1 N–H and O–H groups in total. The van der Waals surface area contributed by atoms with Gasteiger partial charge in [-0.3, -0.25) is 4.98 Å². The van der Waals surface area contributed by atoms with Crippen molar-refractivity contribution >= 4 is 21.7 Å². The average Bonchev–Trinajstić information content (AvgIpc) is 2.37. The fourth-order valence-electron chi connectivity index (χ4n) is 1.77. The highest BCUT2D eigenvalue weighted by molar-refractivity contribution is 9.10. The number of pyridine rings is 1. The van der Waals surface area contributed by atoms with Gasteiger partial charge in [0.15, 0.2) is 0 Å². The molecule has 0 aromatic carbocycles. The highest BCUT2D eigenvalue weighted by Crippen LogP contribution is 2.14. The van der Waals surface area contributed by atoms with Gasteiger partial charge in [-0.15, -0.1) is 0 Å². The molecule has 0 unspecified atom stereocenters. The van der Waals surface area contributed by atoms with E-state index in [1.54, 1.807) is 0 Å². The summed E-state index contributed by atoms with van der Waals surface area (Å²) in [5.74, 6) is 1.69. The van der Waals surface area contributed by atoms with Crippen molar-refractivity contribution in [2.75, 3.05) is 5.32 Å². The minimum absolute atomic E-state index is 0.668. The maximum atomic E-state index is 4.49. The van der Waals surface area contributed by atoms with Crippen LogP contribution >= 0.6 is 15.9 Å². The minimum atomic E-state index is 0.668. The van der Waals surface area contributed by atoms with E-state index in [1.807, 2.05) is 18.3 Å². The first-order valence-corrected chi connectivity index (χ1v) is 7.16. The Morgan fingerprint density at radius 3 is 2.89 bits per heavy atom. The van der Waals surface area contributed by atoms with Gasteiger partial charge >= 0.3 is 0 Å². The Kier molecular flexibility index (Phi) is 4.85. The lowest BCUT2D eigenvalue weighted by Gasteiger charge is -2.09. The number of halogens is 1. The van der Waals surface area contributed by atoms with Gasteiger partial charge in [0, 0.05) is 18.7 Å². The van der Waals surface area contributed by atoms with Crippen molar-refractivity contribution in [2.45, 2.75) is 33.2 Å². The van der Waals surface area contributed by atoms with Gasteiger partial charge in [0.25, 0.3) is 0 Å². The van der Waals surface area contributed by atoms with Gasteiger partial charge in [-0.05, 0) is 40.9 Å². The Morgan fingerprint density at radius 1 is 1.32 bits per heavy atom. The molecule has 0 spiro atoms. The van der Waals surface area contributed by atoms with Gasteiger partial charge in [-0.1, -0.05) is 13.0 Å². The molecule has 0 atom stereocenters. The van der Waals surface area contributed by atoms with E-state index < -0.39 is 0 Å². The Hall–Kier alpha value is -1.49. The predicted molar refractivity (Wildman–Crippen MR) is 80.0 cm³/mol. The van der Waals surface area contributed by atoms with E-state index >= 15 is 0 Å². The topological polar surface area (TPSA) is 50.7 Å². The molecular formula is C14H17BrN4. The number of nitrogens with zero attached hydrogens (tertiary/aromatic N) is 3. The smallest absolute Gasteiger partial charge is 0.132 e. The number of nitrogens with one attached hydrogen (secondary N) is 1. The first-order valence-electron chi connectivity index (χ1n) is 6.37. The van der Waals surface area contributed by atoms with E-state index in [1.165, 1.54) is 5.56 Å². The molecule has 100 valence electrons. The lowest BCUT2D eigenvalue weighted by molar-refractivity contribution is 0.827. The zero-order valence-electron chi connectivity index (χ0n) is 11.2. The molecule has 0 bridgehead atoms. The van der Waals surface area contributed by atoms with E-state index in [0.717, 1.165) is 34.8 Å². The first-order chi connectivity index (χ1) is 9.19. The summed E-state index contributed by atoms with van der Waals surface area (Å²) in [4.78, 5) is 13.2. The van der Waals surface area contributed by atoms with Crippen LogP contribution < -0.4 is 5.32 Å². The van der Waals surface area contributed by atoms with Crippen LogP contribution in [0.2, 0.25) is 0 Å². The molecule has 0 aliphatic carbocycles. The summed E-state index contributed by atoms with van der Waals surface area (Å²) in [6.07, 6.45) is 3.73. The lowest BCUT2D eigenvalue weighted by Crippen LogP contribution is -2.07. The van der Waals surface area contributed by atoms with Gasteiger partial charge in [0.05, 0.1) is 12.2 Å². The molecule has 4 nitrogen and oxygen atoms in total. The molecule has 2 aromatic rings. The molecule has 2 heterocycles. The van der Waals surface area contributed by atoms with Crippen molar-refractivity contribution in [3.63, 3.8) is 0 Å². The van der Waals surface area contributed by atoms with Crippen LogP contribution in [0.15, 0.2) is 29.0 Å². The second-order valence-corrected chi connectivity index (χ2v) is 5.18. The van der Waals surface area contributed by atoms with Crippen molar-refractivity contribution in [1.29, 1.82) is 0 Å². The molecule has 19 heavy (non-hydrogen) atoms. The van der Waals surface area contributed by atoms with Crippen molar-refractivity contribution in [1.82, 2.24) is 15.0 Å². The van der Waals surface area contributed by atoms with E-state index in [0.29, 0.717) is 6.54 Å². The second kappa shape index (κ2) is 6.61. The molecule has 0 aliphatic heterocycles. The van der Waals surface area contributed by atoms with Gasteiger partial charge in [-0.2, -0.15) is 0 Å².